The smallest absolute Gasteiger partial charge is 0.236 e. The van der Waals surface area contributed by atoms with Crippen molar-refractivity contribution in [1.82, 2.24) is 9.80 Å². The van der Waals surface area contributed by atoms with Gasteiger partial charge < -0.3 is 14.4 Å². The zero-order valence-electron chi connectivity index (χ0n) is 16.1. The van der Waals surface area contributed by atoms with Gasteiger partial charge in [-0.1, -0.05) is 24.3 Å². The van der Waals surface area contributed by atoms with Gasteiger partial charge in [0.2, 0.25) is 5.91 Å². The van der Waals surface area contributed by atoms with Crippen LogP contribution in [0.4, 0.5) is 4.39 Å². The number of carbonyl (C=O) groups is 1. The van der Waals surface area contributed by atoms with Gasteiger partial charge in [0.15, 0.2) is 11.5 Å². The van der Waals surface area contributed by atoms with E-state index in [2.05, 4.69) is 11.0 Å². The minimum atomic E-state index is -0.268. The van der Waals surface area contributed by atoms with Crippen LogP contribution >= 0.6 is 0 Å². The minimum absolute atomic E-state index is 0.0539. The van der Waals surface area contributed by atoms with E-state index in [1.807, 2.05) is 12.1 Å². The Morgan fingerprint density at radius 3 is 2.79 bits per heavy atom. The van der Waals surface area contributed by atoms with Crippen LogP contribution < -0.4 is 9.47 Å². The van der Waals surface area contributed by atoms with Crippen LogP contribution in [0.3, 0.4) is 0 Å². The number of benzene rings is 2. The van der Waals surface area contributed by atoms with E-state index in [4.69, 9.17) is 9.47 Å². The van der Waals surface area contributed by atoms with Crippen LogP contribution in [0.2, 0.25) is 0 Å². The van der Waals surface area contributed by atoms with Gasteiger partial charge in [0.1, 0.15) is 19.0 Å². The summed E-state index contributed by atoms with van der Waals surface area (Å²) in [5.41, 5.74) is 2.02. The lowest BCUT2D eigenvalue weighted by Gasteiger charge is -2.29. The summed E-state index contributed by atoms with van der Waals surface area (Å²) < 4.78 is 24.7. The van der Waals surface area contributed by atoms with Crippen LogP contribution in [0.25, 0.3) is 0 Å². The maximum atomic E-state index is 13.1. The third-order valence-corrected chi connectivity index (χ3v) is 5.42. The first kappa shape index (κ1) is 18.7. The lowest BCUT2D eigenvalue weighted by atomic mass is 10.0. The number of likely N-dealkylation sites (tertiary alicyclic amines) is 1. The Kier molecular flexibility index (Phi) is 5.48. The number of hydrogen-bond donors (Lipinski definition) is 0. The van der Waals surface area contributed by atoms with Crippen molar-refractivity contribution in [3.63, 3.8) is 0 Å². The highest BCUT2D eigenvalue weighted by Gasteiger charge is 2.32. The molecule has 0 N–H and O–H groups in total. The highest BCUT2D eigenvalue weighted by Crippen LogP contribution is 2.42. The first-order chi connectivity index (χ1) is 13.6. The van der Waals surface area contributed by atoms with Crippen LogP contribution in [0.1, 0.15) is 30.0 Å². The number of hydrogen-bond acceptors (Lipinski definition) is 4. The van der Waals surface area contributed by atoms with E-state index in [-0.39, 0.29) is 17.8 Å². The average Bonchev–Trinajstić information content (AvgIpc) is 3.17. The molecule has 0 radical (unpaired) electrons. The van der Waals surface area contributed by atoms with Crippen LogP contribution in [0.15, 0.2) is 42.5 Å². The third-order valence-electron chi connectivity index (χ3n) is 5.42. The van der Waals surface area contributed by atoms with Gasteiger partial charge in [-0.05, 0) is 43.1 Å². The Morgan fingerprint density at radius 2 is 1.96 bits per heavy atom. The monoisotopic (exact) mass is 384 g/mol. The van der Waals surface area contributed by atoms with Crippen molar-refractivity contribution < 1.29 is 18.7 Å². The Morgan fingerprint density at radius 1 is 1.18 bits per heavy atom. The lowest BCUT2D eigenvalue weighted by molar-refractivity contribution is -0.131. The van der Waals surface area contributed by atoms with E-state index in [1.165, 1.54) is 12.1 Å². The fraction of sp³-hybridized carbons (Fsp3) is 0.409. The molecule has 0 aliphatic carbocycles. The number of likely N-dealkylation sites (N-methyl/N-ethyl adjacent to an activating group) is 1. The van der Waals surface area contributed by atoms with Crippen molar-refractivity contribution in [2.24, 2.45) is 0 Å². The maximum Gasteiger partial charge on any atom is 0.236 e. The number of fused-ring (bicyclic) bond motifs is 1. The molecule has 2 aliphatic rings. The van der Waals surface area contributed by atoms with Gasteiger partial charge in [-0.3, -0.25) is 9.69 Å². The second-order valence-electron chi connectivity index (χ2n) is 7.38. The molecule has 1 saturated heterocycles. The summed E-state index contributed by atoms with van der Waals surface area (Å²) in [6.45, 7) is 2.82. The quantitative estimate of drug-likeness (QED) is 0.793. The molecule has 2 aromatic rings. The highest BCUT2D eigenvalue weighted by molar-refractivity contribution is 5.78. The number of rotatable bonds is 5. The molecule has 1 fully saturated rings. The predicted octanol–water partition coefficient (Wildman–Crippen LogP) is 3.39. The zero-order chi connectivity index (χ0) is 19.5. The molecule has 0 aromatic heterocycles. The van der Waals surface area contributed by atoms with Crippen molar-refractivity contribution in [3.05, 3.63) is 59.4 Å². The van der Waals surface area contributed by atoms with Crippen molar-refractivity contribution in [2.75, 3.05) is 33.4 Å². The van der Waals surface area contributed by atoms with E-state index in [1.54, 1.807) is 24.1 Å². The van der Waals surface area contributed by atoms with Crippen LogP contribution in [-0.2, 0) is 11.3 Å². The molecular weight excluding hydrogens is 359 g/mol. The minimum Gasteiger partial charge on any atom is -0.486 e. The number of amides is 1. The summed E-state index contributed by atoms with van der Waals surface area (Å²) in [5.74, 6) is 1.39. The Labute approximate surface area is 164 Å². The fourth-order valence-electron chi connectivity index (χ4n) is 3.97. The van der Waals surface area contributed by atoms with Crippen LogP contribution in [0.5, 0.6) is 11.5 Å². The van der Waals surface area contributed by atoms with Crippen LogP contribution in [-0.4, -0.2) is 49.1 Å². The molecule has 2 aromatic carbocycles. The zero-order valence-corrected chi connectivity index (χ0v) is 16.1. The molecule has 0 spiro atoms. The molecule has 0 bridgehead atoms. The summed E-state index contributed by atoms with van der Waals surface area (Å²) in [5, 5.41) is 0. The van der Waals surface area contributed by atoms with Gasteiger partial charge in [0.25, 0.3) is 0 Å². The molecule has 1 unspecified atom stereocenters. The molecule has 4 rings (SSSR count). The second-order valence-corrected chi connectivity index (χ2v) is 7.38. The standard InChI is InChI=1S/C22H25FN2O3/c1-24(14-16-7-9-17(23)10-8-16)21(26)15-25-11-3-5-19(25)18-4-2-6-20-22(18)28-13-12-27-20/h2,4,6-10,19H,3,5,11-15H2,1H3. The first-order valence-corrected chi connectivity index (χ1v) is 9.73. The normalized spacial score (nSPS) is 18.9. The number of nitrogens with zero attached hydrogens (tertiary/aromatic N) is 2. The average molecular weight is 384 g/mol. The van der Waals surface area contributed by atoms with Crippen LogP contribution in [0, 0.1) is 5.82 Å². The molecule has 5 nitrogen and oxygen atoms in total. The van der Waals surface area contributed by atoms with Crippen molar-refractivity contribution in [2.45, 2.75) is 25.4 Å². The van der Waals surface area contributed by atoms with E-state index >= 15 is 0 Å². The number of halogens is 1. The summed E-state index contributed by atoms with van der Waals surface area (Å²) in [4.78, 5) is 16.7. The van der Waals surface area contributed by atoms with Crippen molar-refractivity contribution in [3.8, 4) is 11.5 Å². The summed E-state index contributed by atoms with van der Waals surface area (Å²) in [6.07, 6.45) is 2.04. The molecule has 6 heteroatoms. The Balaban J connectivity index is 1.44. The first-order valence-electron chi connectivity index (χ1n) is 9.73. The van der Waals surface area contributed by atoms with Gasteiger partial charge in [0, 0.05) is 25.2 Å². The fourth-order valence-corrected chi connectivity index (χ4v) is 3.97. The van der Waals surface area contributed by atoms with Gasteiger partial charge in [-0.2, -0.15) is 0 Å². The van der Waals surface area contributed by atoms with E-state index in [0.29, 0.717) is 26.3 Å². The number of para-hydroxylation sites is 1. The van der Waals surface area contributed by atoms with E-state index in [9.17, 15) is 9.18 Å². The summed E-state index contributed by atoms with van der Waals surface area (Å²) >= 11 is 0. The SMILES string of the molecule is CN(Cc1ccc(F)cc1)C(=O)CN1CCCC1c1cccc2c1OCCO2. The third kappa shape index (κ3) is 3.97. The molecule has 148 valence electrons. The molecule has 2 aliphatic heterocycles. The molecule has 28 heavy (non-hydrogen) atoms. The largest absolute Gasteiger partial charge is 0.486 e. The number of ether oxygens (including phenoxy) is 2. The second kappa shape index (κ2) is 8.19. The molecular formula is C22H25FN2O3. The summed E-state index contributed by atoms with van der Waals surface area (Å²) in [6, 6.07) is 12.4. The van der Waals surface area contributed by atoms with Crippen molar-refractivity contribution in [1.29, 1.82) is 0 Å². The molecule has 2 heterocycles. The van der Waals surface area contributed by atoms with Gasteiger partial charge in [-0.25, -0.2) is 4.39 Å². The Hall–Kier alpha value is -2.60. The van der Waals surface area contributed by atoms with Gasteiger partial charge in [0.05, 0.1) is 6.54 Å². The molecule has 1 amide bonds. The topological polar surface area (TPSA) is 42.0 Å². The van der Waals surface area contributed by atoms with E-state index in [0.717, 1.165) is 42.0 Å². The maximum absolute atomic E-state index is 13.1. The van der Waals surface area contributed by atoms with Gasteiger partial charge in [-0.15, -0.1) is 0 Å². The van der Waals surface area contributed by atoms with Crippen molar-refractivity contribution >= 4 is 5.91 Å². The predicted molar refractivity (Wildman–Crippen MR) is 104 cm³/mol. The Bertz CT molecular complexity index is 840. The molecule has 0 saturated carbocycles. The molecule has 1 atom stereocenters. The van der Waals surface area contributed by atoms with Gasteiger partial charge >= 0.3 is 0 Å². The highest BCUT2D eigenvalue weighted by atomic mass is 19.1. The summed E-state index contributed by atoms with van der Waals surface area (Å²) in [7, 11) is 1.79. The van der Waals surface area contributed by atoms with E-state index < -0.39 is 0 Å². The number of carbonyl (C=O) groups excluding carboxylic acids is 1. The lowest BCUT2D eigenvalue weighted by Crippen LogP contribution is -2.38.